The number of nitrogens with one attached hydrogen (secondary N) is 1. The standard InChI is InChI=1S/C13H16ClN3O3S/c1-4-17(3)13(18)9(2)16-21(19,20)12-7-10(8-15)5-6-11(12)14/h5-7,9,16H,4H2,1-3H3. The lowest BCUT2D eigenvalue weighted by atomic mass is 10.2. The van der Waals surface area contributed by atoms with Crippen molar-refractivity contribution in [3.63, 3.8) is 0 Å². The van der Waals surface area contributed by atoms with E-state index in [1.807, 2.05) is 6.07 Å². The van der Waals surface area contributed by atoms with E-state index in [2.05, 4.69) is 4.72 Å². The van der Waals surface area contributed by atoms with Crippen LogP contribution in [0, 0.1) is 11.3 Å². The molecule has 0 spiro atoms. The SMILES string of the molecule is CCN(C)C(=O)C(C)NS(=O)(=O)c1cc(C#N)ccc1Cl. The molecule has 1 aromatic carbocycles. The number of halogens is 1. The van der Waals surface area contributed by atoms with Gasteiger partial charge >= 0.3 is 0 Å². The normalized spacial score (nSPS) is 12.5. The number of rotatable bonds is 5. The van der Waals surface area contributed by atoms with Crippen molar-refractivity contribution in [3.05, 3.63) is 28.8 Å². The van der Waals surface area contributed by atoms with Crippen LogP contribution in [0.2, 0.25) is 5.02 Å². The first-order valence-corrected chi connectivity index (χ1v) is 8.06. The molecule has 0 saturated carbocycles. The summed E-state index contributed by atoms with van der Waals surface area (Å²) in [6.45, 7) is 3.70. The van der Waals surface area contributed by atoms with Crippen LogP contribution in [-0.4, -0.2) is 38.9 Å². The van der Waals surface area contributed by atoms with Gasteiger partial charge in [-0.05, 0) is 32.0 Å². The molecular weight excluding hydrogens is 314 g/mol. The maximum Gasteiger partial charge on any atom is 0.242 e. The zero-order valence-electron chi connectivity index (χ0n) is 11.9. The summed E-state index contributed by atoms with van der Waals surface area (Å²) in [6, 6.07) is 4.84. The molecule has 1 N–H and O–H groups in total. The van der Waals surface area contributed by atoms with Gasteiger partial charge in [-0.2, -0.15) is 9.98 Å². The third-order valence-corrected chi connectivity index (χ3v) is 4.93. The Balaban J connectivity index is 3.08. The summed E-state index contributed by atoms with van der Waals surface area (Å²) in [7, 11) is -2.41. The average Bonchev–Trinajstić information content (AvgIpc) is 2.45. The second-order valence-electron chi connectivity index (χ2n) is 4.45. The summed E-state index contributed by atoms with van der Waals surface area (Å²) in [4.78, 5) is 13.1. The number of sulfonamides is 1. The van der Waals surface area contributed by atoms with Crippen LogP contribution in [0.5, 0.6) is 0 Å². The van der Waals surface area contributed by atoms with Crippen LogP contribution in [0.3, 0.4) is 0 Å². The summed E-state index contributed by atoms with van der Waals surface area (Å²) in [6.07, 6.45) is 0. The third kappa shape index (κ3) is 4.17. The summed E-state index contributed by atoms with van der Waals surface area (Å²) < 4.78 is 26.8. The molecule has 0 saturated heterocycles. The zero-order valence-corrected chi connectivity index (χ0v) is 13.5. The Bertz CT molecular complexity index is 682. The van der Waals surface area contributed by atoms with E-state index in [1.54, 1.807) is 14.0 Å². The molecule has 21 heavy (non-hydrogen) atoms. The number of hydrogen-bond acceptors (Lipinski definition) is 4. The fourth-order valence-electron chi connectivity index (χ4n) is 1.61. The van der Waals surface area contributed by atoms with Gasteiger partial charge in [0.05, 0.1) is 22.7 Å². The first-order valence-electron chi connectivity index (χ1n) is 6.20. The van der Waals surface area contributed by atoms with Gasteiger partial charge in [0.15, 0.2) is 0 Å². The molecule has 1 atom stereocenters. The van der Waals surface area contributed by atoms with E-state index < -0.39 is 16.1 Å². The Morgan fingerprint density at radius 3 is 2.67 bits per heavy atom. The van der Waals surface area contributed by atoms with Crippen LogP contribution in [0.25, 0.3) is 0 Å². The summed E-state index contributed by atoms with van der Waals surface area (Å²) in [5.41, 5.74) is 0.171. The molecule has 1 rings (SSSR count). The molecule has 0 radical (unpaired) electrons. The molecule has 0 aliphatic carbocycles. The van der Waals surface area contributed by atoms with Gasteiger partial charge in [0.2, 0.25) is 15.9 Å². The highest BCUT2D eigenvalue weighted by Gasteiger charge is 2.25. The second kappa shape index (κ2) is 6.89. The molecule has 6 nitrogen and oxygen atoms in total. The van der Waals surface area contributed by atoms with Crippen molar-refractivity contribution in [2.45, 2.75) is 24.8 Å². The van der Waals surface area contributed by atoms with Crippen molar-refractivity contribution in [2.24, 2.45) is 0 Å². The first-order chi connectivity index (χ1) is 9.72. The lowest BCUT2D eigenvalue weighted by molar-refractivity contribution is -0.131. The number of benzene rings is 1. The van der Waals surface area contributed by atoms with Crippen LogP contribution in [0.1, 0.15) is 19.4 Å². The smallest absolute Gasteiger partial charge is 0.242 e. The number of nitrogens with zero attached hydrogens (tertiary/aromatic N) is 2. The van der Waals surface area contributed by atoms with Gasteiger partial charge in [-0.15, -0.1) is 0 Å². The molecule has 0 heterocycles. The monoisotopic (exact) mass is 329 g/mol. The lowest BCUT2D eigenvalue weighted by Gasteiger charge is -2.20. The van der Waals surface area contributed by atoms with Crippen LogP contribution < -0.4 is 4.72 Å². The molecular formula is C13H16ClN3O3S. The predicted octanol–water partition coefficient (Wildman–Crippen LogP) is 1.36. The fourth-order valence-corrected chi connectivity index (χ4v) is 3.33. The van der Waals surface area contributed by atoms with Crippen molar-refractivity contribution in [3.8, 4) is 6.07 Å². The van der Waals surface area contributed by atoms with Gasteiger partial charge in [-0.1, -0.05) is 11.6 Å². The minimum atomic E-state index is -3.99. The number of carbonyl (C=O) groups excluding carboxylic acids is 1. The van der Waals surface area contributed by atoms with Crippen LogP contribution in [0.4, 0.5) is 0 Å². The molecule has 114 valence electrons. The Labute approximate surface area is 129 Å². The largest absolute Gasteiger partial charge is 0.345 e. The molecule has 0 bridgehead atoms. The molecule has 0 aliphatic heterocycles. The number of carbonyl (C=O) groups is 1. The Morgan fingerprint density at radius 1 is 1.52 bits per heavy atom. The number of nitriles is 1. The minimum absolute atomic E-state index is 0.00926. The summed E-state index contributed by atoms with van der Waals surface area (Å²) in [5, 5.41) is 8.82. The quantitative estimate of drug-likeness (QED) is 0.883. The number of amides is 1. The Hall–Kier alpha value is -1.62. The fraction of sp³-hybridized carbons (Fsp3) is 0.385. The molecule has 1 amide bonds. The van der Waals surface area contributed by atoms with Crippen molar-refractivity contribution in [1.82, 2.24) is 9.62 Å². The maximum atomic E-state index is 12.3. The van der Waals surface area contributed by atoms with Crippen molar-refractivity contribution < 1.29 is 13.2 Å². The molecule has 1 unspecified atom stereocenters. The molecule has 1 aromatic rings. The van der Waals surface area contributed by atoms with E-state index in [4.69, 9.17) is 16.9 Å². The lowest BCUT2D eigenvalue weighted by Crippen LogP contribution is -2.45. The van der Waals surface area contributed by atoms with Crippen LogP contribution >= 0.6 is 11.6 Å². The highest BCUT2D eigenvalue weighted by atomic mass is 35.5. The van der Waals surface area contributed by atoms with Gasteiger partial charge in [0.1, 0.15) is 4.90 Å². The van der Waals surface area contributed by atoms with Gasteiger partial charge in [0.25, 0.3) is 0 Å². The Kier molecular flexibility index (Phi) is 5.72. The molecule has 0 fully saturated rings. The summed E-state index contributed by atoms with van der Waals surface area (Å²) in [5.74, 6) is -0.353. The van der Waals surface area contributed by atoms with Crippen LogP contribution in [0.15, 0.2) is 23.1 Å². The van der Waals surface area contributed by atoms with Gasteiger partial charge in [-0.25, -0.2) is 8.42 Å². The van der Waals surface area contributed by atoms with E-state index in [0.29, 0.717) is 6.54 Å². The number of hydrogen-bond donors (Lipinski definition) is 1. The van der Waals surface area contributed by atoms with Gasteiger partial charge in [-0.3, -0.25) is 4.79 Å². The highest BCUT2D eigenvalue weighted by Crippen LogP contribution is 2.22. The van der Waals surface area contributed by atoms with Crippen LogP contribution in [-0.2, 0) is 14.8 Å². The molecule has 0 aromatic heterocycles. The van der Waals surface area contributed by atoms with Gasteiger partial charge < -0.3 is 4.90 Å². The molecule has 8 heteroatoms. The van der Waals surface area contributed by atoms with Crippen molar-refractivity contribution in [2.75, 3.05) is 13.6 Å². The average molecular weight is 330 g/mol. The van der Waals surface area contributed by atoms with E-state index in [0.717, 1.165) is 0 Å². The van der Waals surface area contributed by atoms with E-state index in [-0.39, 0.29) is 21.4 Å². The number of likely N-dealkylation sites (N-methyl/N-ethyl adjacent to an activating group) is 1. The zero-order chi connectivity index (χ0) is 16.2. The predicted molar refractivity (Wildman–Crippen MR) is 79.3 cm³/mol. The summed E-state index contributed by atoms with van der Waals surface area (Å²) >= 11 is 5.87. The molecule has 0 aliphatic rings. The van der Waals surface area contributed by atoms with E-state index >= 15 is 0 Å². The first kappa shape index (κ1) is 17.4. The third-order valence-electron chi connectivity index (χ3n) is 2.90. The van der Waals surface area contributed by atoms with Gasteiger partial charge in [0, 0.05) is 13.6 Å². The second-order valence-corrected chi connectivity index (χ2v) is 6.54. The van der Waals surface area contributed by atoms with Crippen molar-refractivity contribution >= 4 is 27.5 Å². The topological polar surface area (TPSA) is 90.3 Å². The van der Waals surface area contributed by atoms with E-state index in [9.17, 15) is 13.2 Å². The Morgan fingerprint density at radius 2 is 2.14 bits per heavy atom. The van der Waals surface area contributed by atoms with E-state index in [1.165, 1.54) is 30.0 Å². The maximum absolute atomic E-state index is 12.3. The minimum Gasteiger partial charge on any atom is -0.345 e. The van der Waals surface area contributed by atoms with Crippen molar-refractivity contribution in [1.29, 1.82) is 5.26 Å². The highest BCUT2D eigenvalue weighted by molar-refractivity contribution is 7.89.